The summed E-state index contributed by atoms with van der Waals surface area (Å²) in [5.41, 5.74) is 1.28. The van der Waals surface area contributed by atoms with Gasteiger partial charge >= 0.3 is 0 Å². The molecule has 0 bridgehead atoms. The number of benzene rings is 1. The lowest BCUT2D eigenvalue weighted by Gasteiger charge is -2.06. The largest absolute Gasteiger partial charge is 0.496 e. The van der Waals surface area contributed by atoms with E-state index in [2.05, 4.69) is 24.4 Å². The number of para-hydroxylation sites is 1. The Kier molecular flexibility index (Phi) is 4.33. The quantitative estimate of drug-likeness (QED) is 0.676. The lowest BCUT2D eigenvalue weighted by molar-refractivity contribution is -0.670. The standard InChI is InChI=1S/C11H17NO/c1-3-8-12-9-10-6-4-5-7-11(10)13-2/h4-7,12H,3,8-9H2,1-2H3/p+1. The Morgan fingerprint density at radius 1 is 1.31 bits per heavy atom. The molecule has 0 radical (unpaired) electrons. The van der Waals surface area contributed by atoms with Crippen molar-refractivity contribution in [2.75, 3.05) is 13.7 Å². The van der Waals surface area contributed by atoms with Crippen molar-refractivity contribution in [1.29, 1.82) is 0 Å². The van der Waals surface area contributed by atoms with Crippen LogP contribution >= 0.6 is 0 Å². The molecule has 0 saturated carbocycles. The zero-order valence-corrected chi connectivity index (χ0v) is 8.42. The summed E-state index contributed by atoms with van der Waals surface area (Å²) in [6.45, 7) is 4.38. The maximum absolute atomic E-state index is 5.26. The third-order valence-electron chi connectivity index (χ3n) is 2.05. The van der Waals surface area contributed by atoms with Crippen molar-refractivity contribution in [3.63, 3.8) is 0 Å². The molecular weight excluding hydrogens is 162 g/mol. The normalized spacial score (nSPS) is 10.0. The molecule has 13 heavy (non-hydrogen) atoms. The van der Waals surface area contributed by atoms with Crippen molar-refractivity contribution in [1.82, 2.24) is 0 Å². The van der Waals surface area contributed by atoms with Gasteiger partial charge in [-0.3, -0.25) is 0 Å². The second kappa shape index (κ2) is 5.60. The van der Waals surface area contributed by atoms with Gasteiger partial charge in [0.05, 0.1) is 13.7 Å². The van der Waals surface area contributed by atoms with E-state index < -0.39 is 0 Å². The molecule has 1 aromatic rings. The Morgan fingerprint density at radius 3 is 2.77 bits per heavy atom. The Labute approximate surface area is 79.9 Å². The summed E-state index contributed by atoms with van der Waals surface area (Å²) in [5, 5.41) is 2.30. The first kappa shape index (κ1) is 10.1. The van der Waals surface area contributed by atoms with Crippen molar-refractivity contribution in [3.8, 4) is 5.75 Å². The zero-order valence-electron chi connectivity index (χ0n) is 8.42. The fraction of sp³-hybridized carbons (Fsp3) is 0.455. The average Bonchev–Trinajstić information content (AvgIpc) is 2.19. The van der Waals surface area contributed by atoms with Crippen LogP contribution in [0.1, 0.15) is 18.9 Å². The van der Waals surface area contributed by atoms with Gasteiger partial charge in [-0.05, 0) is 18.6 Å². The summed E-state index contributed by atoms with van der Waals surface area (Å²) < 4.78 is 5.26. The smallest absolute Gasteiger partial charge is 0.127 e. The summed E-state index contributed by atoms with van der Waals surface area (Å²) in [5.74, 6) is 0.995. The van der Waals surface area contributed by atoms with E-state index in [1.54, 1.807) is 7.11 Å². The van der Waals surface area contributed by atoms with Gasteiger partial charge in [0.1, 0.15) is 12.3 Å². The predicted molar refractivity (Wildman–Crippen MR) is 53.8 cm³/mol. The van der Waals surface area contributed by atoms with E-state index in [9.17, 15) is 0 Å². The summed E-state index contributed by atoms with van der Waals surface area (Å²) in [6.07, 6.45) is 1.22. The van der Waals surface area contributed by atoms with Crippen LogP contribution in [0.2, 0.25) is 0 Å². The van der Waals surface area contributed by atoms with E-state index in [1.807, 2.05) is 12.1 Å². The molecule has 2 nitrogen and oxygen atoms in total. The van der Waals surface area contributed by atoms with Gasteiger partial charge in [0.15, 0.2) is 0 Å². The zero-order chi connectivity index (χ0) is 9.52. The van der Waals surface area contributed by atoms with Gasteiger partial charge in [0.2, 0.25) is 0 Å². The molecule has 0 heterocycles. The number of methoxy groups -OCH3 is 1. The Morgan fingerprint density at radius 2 is 2.08 bits per heavy atom. The monoisotopic (exact) mass is 180 g/mol. The minimum absolute atomic E-state index is 0.995. The predicted octanol–water partition coefficient (Wildman–Crippen LogP) is 1.17. The summed E-state index contributed by atoms with van der Waals surface area (Å²) in [6, 6.07) is 8.18. The van der Waals surface area contributed by atoms with E-state index in [0.29, 0.717) is 0 Å². The highest BCUT2D eigenvalue weighted by Crippen LogP contribution is 2.15. The molecule has 0 amide bonds. The van der Waals surface area contributed by atoms with E-state index in [1.165, 1.54) is 18.5 Å². The lowest BCUT2D eigenvalue weighted by Crippen LogP contribution is -2.82. The van der Waals surface area contributed by atoms with Crippen LogP contribution in [-0.4, -0.2) is 13.7 Å². The molecule has 0 aliphatic rings. The van der Waals surface area contributed by atoms with Crippen molar-refractivity contribution >= 4 is 0 Å². The van der Waals surface area contributed by atoms with Gasteiger partial charge in [-0.2, -0.15) is 0 Å². The van der Waals surface area contributed by atoms with Crippen molar-refractivity contribution in [3.05, 3.63) is 29.8 Å². The van der Waals surface area contributed by atoms with E-state index in [0.717, 1.165) is 12.3 Å². The Hall–Kier alpha value is -1.02. The van der Waals surface area contributed by atoms with Crippen LogP contribution in [0.5, 0.6) is 5.75 Å². The van der Waals surface area contributed by atoms with Crippen molar-refractivity contribution in [2.24, 2.45) is 0 Å². The molecule has 0 saturated heterocycles. The highest BCUT2D eigenvalue weighted by atomic mass is 16.5. The number of nitrogens with two attached hydrogens (primary N) is 1. The fourth-order valence-electron chi connectivity index (χ4n) is 1.33. The van der Waals surface area contributed by atoms with Gasteiger partial charge < -0.3 is 10.1 Å². The van der Waals surface area contributed by atoms with E-state index >= 15 is 0 Å². The molecule has 0 aliphatic carbocycles. The minimum Gasteiger partial charge on any atom is -0.496 e. The first-order valence-electron chi connectivity index (χ1n) is 4.82. The number of quaternary nitrogens is 1. The molecule has 0 aliphatic heterocycles. The van der Waals surface area contributed by atoms with Crippen molar-refractivity contribution in [2.45, 2.75) is 19.9 Å². The molecule has 0 aromatic heterocycles. The van der Waals surface area contributed by atoms with Crippen LogP contribution in [-0.2, 0) is 6.54 Å². The maximum atomic E-state index is 5.26. The minimum atomic E-state index is 0.995. The van der Waals surface area contributed by atoms with Crippen LogP contribution in [0, 0.1) is 0 Å². The lowest BCUT2D eigenvalue weighted by atomic mass is 10.2. The highest BCUT2D eigenvalue weighted by molar-refractivity contribution is 5.32. The van der Waals surface area contributed by atoms with Crippen LogP contribution in [0.4, 0.5) is 0 Å². The molecule has 0 fully saturated rings. The first-order valence-corrected chi connectivity index (χ1v) is 4.82. The van der Waals surface area contributed by atoms with Crippen LogP contribution < -0.4 is 10.1 Å². The number of hydrogen-bond donors (Lipinski definition) is 1. The molecule has 0 unspecified atom stereocenters. The number of hydrogen-bond acceptors (Lipinski definition) is 1. The molecule has 1 aromatic carbocycles. The van der Waals surface area contributed by atoms with Gasteiger partial charge in [-0.25, -0.2) is 0 Å². The topological polar surface area (TPSA) is 25.8 Å². The summed E-state index contributed by atoms with van der Waals surface area (Å²) in [7, 11) is 1.72. The molecular formula is C11H18NO+. The first-order chi connectivity index (χ1) is 6.38. The molecule has 1 rings (SSSR count). The van der Waals surface area contributed by atoms with Crippen LogP contribution in [0.15, 0.2) is 24.3 Å². The summed E-state index contributed by atoms with van der Waals surface area (Å²) in [4.78, 5) is 0. The fourth-order valence-corrected chi connectivity index (χ4v) is 1.33. The summed E-state index contributed by atoms with van der Waals surface area (Å²) >= 11 is 0. The second-order valence-electron chi connectivity index (χ2n) is 3.09. The maximum Gasteiger partial charge on any atom is 0.127 e. The Bertz CT molecular complexity index is 248. The molecule has 0 atom stereocenters. The van der Waals surface area contributed by atoms with Gasteiger partial charge in [0, 0.05) is 5.56 Å². The molecule has 2 N–H and O–H groups in total. The second-order valence-corrected chi connectivity index (χ2v) is 3.09. The van der Waals surface area contributed by atoms with Gasteiger partial charge in [-0.1, -0.05) is 19.1 Å². The third kappa shape index (κ3) is 3.07. The SMILES string of the molecule is CCC[NH2+]Cc1ccccc1OC. The molecule has 0 spiro atoms. The average molecular weight is 180 g/mol. The van der Waals surface area contributed by atoms with E-state index in [-0.39, 0.29) is 0 Å². The highest BCUT2D eigenvalue weighted by Gasteiger charge is 2.01. The van der Waals surface area contributed by atoms with Gasteiger partial charge in [-0.15, -0.1) is 0 Å². The number of ether oxygens (including phenoxy) is 1. The molecule has 72 valence electrons. The third-order valence-corrected chi connectivity index (χ3v) is 2.05. The van der Waals surface area contributed by atoms with Crippen LogP contribution in [0.3, 0.4) is 0 Å². The van der Waals surface area contributed by atoms with Gasteiger partial charge in [0.25, 0.3) is 0 Å². The van der Waals surface area contributed by atoms with Crippen LogP contribution in [0.25, 0.3) is 0 Å². The van der Waals surface area contributed by atoms with Crippen molar-refractivity contribution < 1.29 is 10.1 Å². The number of rotatable bonds is 5. The molecule has 2 heteroatoms. The van der Waals surface area contributed by atoms with E-state index in [4.69, 9.17) is 4.74 Å². The Balaban J connectivity index is 2.54.